The van der Waals surface area contributed by atoms with Crippen LogP contribution in [-0.4, -0.2) is 23.4 Å². The van der Waals surface area contributed by atoms with Crippen molar-refractivity contribution in [3.05, 3.63) is 24.4 Å². The number of H-pyrrole nitrogens is 1. The lowest BCUT2D eigenvalue weighted by Crippen LogP contribution is -1.98. The number of anilines is 1. The van der Waals surface area contributed by atoms with Gasteiger partial charge in [-0.1, -0.05) is 6.07 Å². The van der Waals surface area contributed by atoms with Crippen LogP contribution in [0.4, 0.5) is 5.82 Å². The van der Waals surface area contributed by atoms with E-state index in [4.69, 9.17) is 15.2 Å². The Morgan fingerprint density at radius 3 is 2.50 bits per heavy atom. The molecule has 0 spiro atoms. The van der Waals surface area contributed by atoms with Gasteiger partial charge < -0.3 is 15.2 Å². The molecule has 18 heavy (non-hydrogen) atoms. The number of nitrogen functional groups attached to an aromatic ring is 1. The second kappa shape index (κ2) is 5.44. The van der Waals surface area contributed by atoms with Gasteiger partial charge in [-0.15, -0.1) is 0 Å². The number of hydrogen-bond acceptors (Lipinski definition) is 4. The second-order valence-corrected chi connectivity index (χ2v) is 3.72. The van der Waals surface area contributed by atoms with Gasteiger partial charge in [0.25, 0.3) is 0 Å². The fraction of sp³-hybridized carbons (Fsp3) is 0.308. The maximum atomic E-state index is 5.80. The van der Waals surface area contributed by atoms with E-state index in [0.29, 0.717) is 19.0 Å². The first-order chi connectivity index (χ1) is 8.76. The summed E-state index contributed by atoms with van der Waals surface area (Å²) in [6.07, 6.45) is 1.70. The summed E-state index contributed by atoms with van der Waals surface area (Å²) in [5.74, 6) is 2.00. The zero-order chi connectivity index (χ0) is 13.0. The minimum atomic E-state index is 0.543. The molecule has 0 fully saturated rings. The van der Waals surface area contributed by atoms with E-state index in [2.05, 4.69) is 10.2 Å². The van der Waals surface area contributed by atoms with Crippen molar-refractivity contribution in [3.63, 3.8) is 0 Å². The summed E-state index contributed by atoms with van der Waals surface area (Å²) in [5.41, 5.74) is 7.62. The van der Waals surface area contributed by atoms with Crippen LogP contribution >= 0.6 is 0 Å². The van der Waals surface area contributed by atoms with Crippen molar-refractivity contribution in [2.24, 2.45) is 0 Å². The van der Waals surface area contributed by atoms with E-state index >= 15 is 0 Å². The normalized spacial score (nSPS) is 10.3. The van der Waals surface area contributed by atoms with Crippen molar-refractivity contribution in [2.45, 2.75) is 13.8 Å². The molecule has 1 aromatic heterocycles. The lowest BCUT2D eigenvalue weighted by molar-refractivity contribution is 0.288. The summed E-state index contributed by atoms with van der Waals surface area (Å²) in [6, 6.07) is 5.74. The Balaban J connectivity index is 2.39. The number of aromatic nitrogens is 2. The number of hydrogen-bond donors (Lipinski definition) is 2. The van der Waals surface area contributed by atoms with Crippen LogP contribution < -0.4 is 15.2 Å². The van der Waals surface area contributed by atoms with Crippen molar-refractivity contribution < 1.29 is 9.47 Å². The van der Waals surface area contributed by atoms with E-state index in [-0.39, 0.29) is 0 Å². The van der Waals surface area contributed by atoms with Gasteiger partial charge in [-0.25, -0.2) is 0 Å². The Morgan fingerprint density at radius 1 is 1.17 bits per heavy atom. The Hall–Kier alpha value is -2.17. The molecule has 5 nitrogen and oxygen atoms in total. The number of nitrogens with two attached hydrogens (primary N) is 1. The molecule has 2 aromatic rings. The highest BCUT2D eigenvalue weighted by atomic mass is 16.5. The zero-order valence-corrected chi connectivity index (χ0v) is 10.6. The van der Waals surface area contributed by atoms with Crippen LogP contribution in [0.1, 0.15) is 13.8 Å². The van der Waals surface area contributed by atoms with Crippen LogP contribution in [0.15, 0.2) is 24.4 Å². The van der Waals surface area contributed by atoms with Gasteiger partial charge in [0, 0.05) is 5.56 Å². The molecule has 0 saturated heterocycles. The highest BCUT2D eigenvalue weighted by Crippen LogP contribution is 2.34. The summed E-state index contributed by atoms with van der Waals surface area (Å²) in [6.45, 7) is 5.07. The number of ether oxygens (including phenoxy) is 2. The fourth-order valence-electron chi connectivity index (χ4n) is 1.74. The van der Waals surface area contributed by atoms with Crippen LogP contribution in [0.5, 0.6) is 11.5 Å². The molecule has 0 saturated carbocycles. The molecular weight excluding hydrogens is 230 g/mol. The van der Waals surface area contributed by atoms with Gasteiger partial charge >= 0.3 is 0 Å². The minimum absolute atomic E-state index is 0.543. The highest BCUT2D eigenvalue weighted by molar-refractivity contribution is 5.75. The van der Waals surface area contributed by atoms with Crippen molar-refractivity contribution in [2.75, 3.05) is 18.9 Å². The van der Waals surface area contributed by atoms with E-state index in [1.807, 2.05) is 32.0 Å². The molecule has 0 amide bonds. The standard InChI is InChI=1S/C13H17N3O2/c1-3-17-11-6-5-9(7-12(11)18-4-2)10-8-15-16-13(10)14/h5-8H,3-4H2,1-2H3,(H3,14,15,16). The van der Waals surface area contributed by atoms with E-state index in [1.165, 1.54) is 0 Å². The van der Waals surface area contributed by atoms with Crippen LogP contribution in [0, 0.1) is 0 Å². The molecule has 0 aliphatic heterocycles. The lowest BCUT2D eigenvalue weighted by Gasteiger charge is -2.12. The molecule has 0 aliphatic rings. The quantitative estimate of drug-likeness (QED) is 0.851. The third-order valence-corrected chi connectivity index (χ3v) is 2.52. The van der Waals surface area contributed by atoms with E-state index in [0.717, 1.165) is 22.6 Å². The van der Waals surface area contributed by atoms with E-state index in [1.54, 1.807) is 6.20 Å². The molecular formula is C13H17N3O2. The Morgan fingerprint density at radius 2 is 1.89 bits per heavy atom. The molecule has 5 heteroatoms. The number of rotatable bonds is 5. The highest BCUT2D eigenvalue weighted by Gasteiger charge is 2.10. The van der Waals surface area contributed by atoms with Gasteiger partial charge in [-0.3, -0.25) is 5.10 Å². The van der Waals surface area contributed by atoms with Crippen molar-refractivity contribution >= 4 is 5.82 Å². The Kier molecular flexibility index (Phi) is 3.72. The van der Waals surface area contributed by atoms with Gasteiger partial charge in [-0.05, 0) is 31.5 Å². The maximum absolute atomic E-state index is 5.80. The second-order valence-electron chi connectivity index (χ2n) is 3.72. The van der Waals surface area contributed by atoms with Crippen LogP contribution in [0.25, 0.3) is 11.1 Å². The first-order valence-electron chi connectivity index (χ1n) is 5.95. The number of aromatic amines is 1. The van der Waals surface area contributed by atoms with Crippen molar-refractivity contribution in [1.82, 2.24) is 10.2 Å². The average molecular weight is 247 g/mol. The van der Waals surface area contributed by atoms with Gasteiger partial charge in [-0.2, -0.15) is 5.10 Å². The van der Waals surface area contributed by atoms with Gasteiger partial charge in [0.2, 0.25) is 0 Å². The van der Waals surface area contributed by atoms with Crippen LogP contribution in [-0.2, 0) is 0 Å². The molecule has 1 aromatic carbocycles. The largest absolute Gasteiger partial charge is 0.490 e. The van der Waals surface area contributed by atoms with Crippen molar-refractivity contribution in [3.8, 4) is 22.6 Å². The molecule has 1 heterocycles. The molecule has 0 bridgehead atoms. The molecule has 0 radical (unpaired) electrons. The van der Waals surface area contributed by atoms with Crippen LogP contribution in [0.3, 0.4) is 0 Å². The molecule has 0 aliphatic carbocycles. The average Bonchev–Trinajstić information content (AvgIpc) is 2.78. The third-order valence-electron chi connectivity index (χ3n) is 2.52. The first kappa shape index (κ1) is 12.3. The van der Waals surface area contributed by atoms with Gasteiger partial charge in [0.1, 0.15) is 5.82 Å². The number of nitrogens with zero attached hydrogens (tertiary/aromatic N) is 1. The molecule has 3 N–H and O–H groups in total. The first-order valence-corrected chi connectivity index (χ1v) is 5.95. The fourth-order valence-corrected chi connectivity index (χ4v) is 1.74. The predicted octanol–water partition coefficient (Wildman–Crippen LogP) is 2.46. The van der Waals surface area contributed by atoms with E-state index < -0.39 is 0 Å². The molecule has 0 unspecified atom stereocenters. The van der Waals surface area contributed by atoms with Gasteiger partial charge in [0.15, 0.2) is 11.5 Å². The monoisotopic (exact) mass is 247 g/mol. The predicted molar refractivity (Wildman–Crippen MR) is 70.8 cm³/mol. The molecule has 2 rings (SSSR count). The summed E-state index contributed by atoms with van der Waals surface area (Å²) < 4.78 is 11.1. The summed E-state index contributed by atoms with van der Waals surface area (Å²) in [4.78, 5) is 0. The summed E-state index contributed by atoms with van der Waals surface area (Å²) in [5, 5.41) is 6.62. The minimum Gasteiger partial charge on any atom is -0.490 e. The maximum Gasteiger partial charge on any atom is 0.161 e. The number of nitrogens with one attached hydrogen (secondary N) is 1. The lowest BCUT2D eigenvalue weighted by atomic mass is 10.1. The summed E-state index contributed by atoms with van der Waals surface area (Å²) in [7, 11) is 0. The third kappa shape index (κ3) is 2.40. The van der Waals surface area contributed by atoms with Crippen molar-refractivity contribution in [1.29, 1.82) is 0 Å². The SMILES string of the molecule is CCOc1ccc(-c2cn[nH]c2N)cc1OCC. The van der Waals surface area contributed by atoms with Gasteiger partial charge in [0.05, 0.1) is 19.4 Å². The Labute approximate surface area is 106 Å². The number of benzene rings is 1. The van der Waals surface area contributed by atoms with E-state index in [9.17, 15) is 0 Å². The summed E-state index contributed by atoms with van der Waals surface area (Å²) >= 11 is 0. The molecule has 96 valence electrons. The zero-order valence-electron chi connectivity index (χ0n) is 10.6. The Bertz CT molecular complexity index is 523. The van der Waals surface area contributed by atoms with Crippen LogP contribution in [0.2, 0.25) is 0 Å². The smallest absolute Gasteiger partial charge is 0.161 e. The topological polar surface area (TPSA) is 73.2 Å². The molecule has 0 atom stereocenters.